The van der Waals surface area contributed by atoms with E-state index >= 15 is 8.78 Å². The van der Waals surface area contributed by atoms with E-state index in [0.29, 0.717) is 17.6 Å². The summed E-state index contributed by atoms with van der Waals surface area (Å²) >= 11 is 14.1. The Morgan fingerprint density at radius 1 is 0.957 bits per heavy atom. The predicted octanol–water partition coefficient (Wildman–Crippen LogP) is 5.62. The SMILES string of the molecule is CCCN1C(=O)[C@H]2[C@H](CC=C3[C@H]2C[C@@]2(Cl)C(=O)N(c4c(F)c(F)c(F)c(F)c4F)C(=O)[C@@]2(Cl)[C@H]3C=Cc2ccc(O)c(OC)c2)C1=O. The smallest absolute Gasteiger partial charge is 0.258 e. The molecule has 1 N–H and O–H groups in total. The Morgan fingerprint density at radius 3 is 2.21 bits per heavy atom. The van der Waals surface area contributed by atoms with E-state index in [9.17, 15) is 37.5 Å². The van der Waals surface area contributed by atoms with Gasteiger partial charge in [0.15, 0.2) is 44.5 Å². The number of carbonyl (C=O) groups is 4. The van der Waals surface area contributed by atoms with E-state index < -0.39 is 98.2 Å². The highest BCUT2D eigenvalue weighted by Crippen LogP contribution is 2.63. The van der Waals surface area contributed by atoms with Crippen LogP contribution in [0.5, 0.6) is 11.5 Å². The molecule has 0 radical (unpaired) electrons. The number of amides is 4. The molecule has 4 amide bonds. The number of hydrogen-bond donors (Lipinski definition) is 1. The maximum atomic E-state index is 15.1. The summed E-state index contributed by atoms with van der Waals surface area (Å²) in [5.41, 5.74) is -1.11. The van der Waals surface area contributed by atoms with Crippen molar-refractivity contribution in [3.63, 3.8) is 0 Å². The summed E-state index contributed by atoms with van der Waals surface area (Å²) in [5.74, 6) is -20.6. The summed E-state index contributed by atoms with van der Waals surface area (Å²) in [4.78, 5) is 50.9. The first-order valence-electron chi connectivity index (χ1n) is 14.5. The first kappa shape index (κ1) is 33.0. The number of halogens is 7. The average Bonchev–Trinajstić information content (AvgIpc) is 3.37. The molecule has 3 fully saturated rings. The number of alkyl halides is 2. The minimum atomic E-state index is -2.60. The van der Waals surface area contributed by atoms with Gasteiger partial charge in [0.1, 0.15) is 5.69 Å². The number of carbonyl (C=O) groups excluding carboxylic acids is 4. The van der Waals surface area contributed by atoms with E-state index in [-0.39, 0.29) is 29.4 Å². The summed E-state index contributed by atoms with van der Waals surface area (Å²) in [7, 11) is 1.31. The third-order valence-corrected chi connectivity index (χ3v) is 10.9. The molecule has 0 bridgehead atoms. The molecule has 4 aliphatic rings. The molecule has 2 aromatic rings. The second kappa shape index (κ2) is 11.3. The lowest BCUT2D eigenvalue weighted by Crippen LogP contribution is -2.60. The monoisotopic (exact) mass is 698 g/mol. The zero-order valence-corrected chi connectivity index (χ0v) is 26.1. The fraction of sp³-hybridized carbons (Fsp3) is 0.375. The van der Waals surface area contributed by atoms with E-state index in [1.54, 1.807) is 13.0 Å². The molecule has 6 rings (SSSR count). The average molecular weight is 699 g/mol. The maximum absolute atomic E-state index is 15.1. The summed E-state index contributed by atoms with van der Waals surface area (Å²) in [6.07, 6.45) is 4.37. The van der Waals surface area contributed by atoms with Gasteiger partial charge in [-0.2, -0.15) is 0 Å². The molecule has 2 aliphatic heterocycles. The lowest BCUT2D eigenvalue weighted by atomic mass is 9.57. The number of methoxy groups -OCH3 is 1. The number of hydrogen-bond acceptors (Lipinski definition) is 6. The summed E-state index contributed by atoms with van der Waals surface area (Å²) < 4.78 is 77.9. The van der Waals surface area contributed by atoms with Gasteiger partial charge in [-0.1, -0.05) is 36.8 Å². The number of phenols is 1. The normalized spacial score (nSPS) is 30.2. The molecule has 2 heterocycles. The molecule has 6 atom stereocenters. The van der Waals surface area contributed by atoms with Gasteiger partial charge in [-0.3, -0.25) is 24.1 Å². The van der Waals surface area contributed by atoms with E-state index in [4.69, 9.17) is 27.9 Å². The molecular weight excluding hydrogens is 674 g/mol. The number of allylic oxidation sites excluding steroid dienone is 3. The molecule has 0 unspecified atom stereocenters. The molecule has 2 saturated heterocycles. The molecule has 2 aromatic carbocycles. The van der Waals surface area contributed by atoms with Gasteiger partial charge >= 0.3 is 0 Å². The highest BCUT2D eigenvalue weighted by Gasteiger charge is 2.76. The van der Waals surface area contributed by atoms with Gasteiger partial charge in [-0.15, -0.1) is 23.2 Å². The molecule has 1 saturated carbocycles. The Bertz CT molecular complexity index is 1810. The Balaban J connectivity index is 1.55. The second-order valence-electron chi connectivity index (χ2n) is 11.9. The highest BCUT2D eigenvalue weighted by atomic mass is 35.5. The Hall–Kier alpha value is -3.97. The van der Waals surface area contributed by atoms with Crippen molar-refractivity contribution in [3.8, 4) is 11.5 Å². The fourth-order valence-corrected chi connectivity index (χ4v) is 8.22. The molecule has 15 heteroatoms. The maximum Gasteiger partial charge on any atom is 0.258 e. The van der Waals surface area contributed by atoms with Crippen molar-refractivity contribution in [3.05, 3.63) is 70.6 Å². The first-order chi connectivity index (χ1) is 22.1. The number of rotatable bonds is 6. The molecule has 47 heavy (non-hydrogen) atoms. The summed E-state index contributed by atoms with van der Waals surface area (Å²) in [5, 5.41) is 10.0. The van der Waals surface area contributed by atoms with Crippen LogP contribution in [0.25, 0.3) is 6.08 Å². The number of likely N-dealkylation sites (tertiary alicyclic amines) is 1. The van der Waals surface area contributed by atoms with E-state index in [0.717, 1.165) is 4.90 Å². The summed E-state index contributed by atoms with van der Waals surface area (Å²) in [6.45, 7) is 1.91. The Morgan fingerprint density at radius 2 is 1.60 bits per heavy atom. The van der Waals surface area contributed by atoms with Gasteiger partial charge in [0, 0.05) is 12.5 Å². The number of benzene rings is 2. The van der Waals surface area contributed by atoms with E-state index in [2.05, 4.69) is 0 Å². The number of anilines is 1. The number of ether oxygens (including phenoxy) is 1. The third kappa shape index (κ3) is 4.38. The minimum Gasteiger partial charge on any atom is -0.504 e. The van der Waals surface area contributed by atoms with Gasteiger partial charge in [0.25, 0.3) is 11.8 Å². The van der Waals surface area contributed by atoms with Crippen molar-refractivity contribution >= 4 is 58.6 Å². The van der Waals surface area contributed by atoms with Crippen LogP contribution in [0.3, 0.4) is 0 Å². The molecule has 248 valence electrons. The largest absolute Gasteiger partial charge is 0.504 e. The van der Waals surface area contributed by atoms with Crippen molar-refractivity contribution in [1.82, 2.24) is 4.90 Å². The minimum absolute atomic E-state index is 0.0599. The fourth-order valence-electron chi connectivity index (χ4n) is 7.33. The van der Waals surface area contributed by atoms with E-state index in [1.165, 1.54) is 37.5 Å². The van der Waals surface area contributed by atoms with Gasteiger partial charge < -0.3 is 9.84 Å². The zero-order valence-electron chi connectivity index (χ0n) is 24.6. The van der Waals surface area contributed by atoms with Gasteiger partial charge in [0.2, 0.25) is 17.6 Å². The topological polar surface area (TPSA) is 104 Å². The van der Waals surface area contributed by atoms with Gasteiger partial charge in [0.05, 0.1) is 18.9 Å². The highest BCUT2D eigenvalue weighted by molar-refractivity contribution is 6.58. The standard InChI is InChI=1S/C32H25Cl2F5N2O6/c1-3-10-40-27(43)15-7-6-14-16(20(15)28(40)44)12-31(33)29(45)41(26-24(38)22(36)21(35)23(37)25(26)39)30(46)32(31,34)17(14)8-4-13-5-9-18(42)19(11-13)47-2/h4-6,8-9,11,15-17,20,42H,3,7,10,12H2,1-2H3/t15-,16+,17-,20-,31+,32-/m0/s1. The van der Waals surface area contributed by atoms with Crippen LogP contribution in [0, 0.1) is 52.8 Å². The number of imide groups is 2. The lowest BCUT2D eigenvalue weighted by Gasteiger charge is -2.49. The van der Waals surface area contributed by atoms with Crippen molar-refractivity contribution < 1.29 is 51.0 Å². The number of phenolic OH excluding ortho intramolecular Hbond substituents is 1. The molecule has 8 nitrogen and oxygen atoms in total. The van der Waals surface area contributed by atoms with Crippen LogP contribution in [0.2, 0.25) is 0 Å². The number of fused-ring (bicyclic) bond motifs is 4. The lowest BCUT2D eigenvalue weighted by molar-refractivity contribution is -0.140. The zero-order chi connectivity index (χ0) is 34.3. The Kier molecular flexibility index (Phi) is 7.94. The van der Waals surface area contributed by atoms with Crippen molar-refractivity contribution in [1.29, 1.82) is 0 Å². The van der Waals surface area contributed by atoms with Gasteiger partial charge in [-0.05, 0) is 42.9 Å². The first-order valence-corrected chi connectivity index (χ1v) is 15.3. The van der Waals surface area contributed by atoms with Crippen LogP contribution in [0.15, 0.2) is 35.9 Å². The third-order valence-electron chi connectivity index (χ3n) is 9.50. The predicted molar refractivity (Wildman–Crippen MR) is 158 cm³/mol. The molecular formula is C32H25Cl2F5N2O6. The molecule has 0 spiro atoms. The van der Waals surface area contributed by atoms with Crippen LogP contribution in [0.1, 0.15) is 31.7 Å². The van der Waals surface area contributed by atoms with Crippen LogP contribution in [-0.2, 0) is 19.2 Å². The van der Waals surface area contributed by atoms with Crippen molar-refractivity contribution in [2.24, 2.45) is 23.7 Å². The van der Waals surface area contributed by atoms with Crippen LogP contribution in [0.4, 0.5) is 27.6 Å². The molecule has 0 aromatic heterocycles. The Labute approximate surface area is 274 Å². The van der Waals surface area contributed by atoms with Crippen LogP contribution >= 0.6 is 23.2 Å². The van der Waals surface area contributed by atoms with Crippen molar-refractivity contribution in [2.45, 2.75) is 35.9 Å². The van der Waals surface area contributed by atoms with E-state index in [1.807, 2.05) is 0 Å². The quantitative estimate of drug-likeness (QED) is 0.105. The van der Waals surface area contributed by atoms with Crippen molar-refractivity contribution in [2.75, 3.05) is 18.6 Å². The van der Waals surface area contributed by atoms with Gasteiger partial charge in [-0.25, -0.2) is 26.9 Å². The number of nitrogens with zero attached hydrogens (tertiary/aromatic N) is 2. The second-order valence-corrected chi connectivity index (χ2v) is 13.1. The number of aromatic hydroxyl groups is 1. The summed E-state index contributed by atoms with van der Waals surface area (Å²) in [6, 6.07) is 4.21. The van der Waals surface area contributed by atoms with Crippen LogP contribution in [-0.4, -0.2) is 57.0 Å². The molecule has 2 aliphatic carbocycles. The van der Waals surface area contributed by atoms with Crippen LogP contribution < -0.4 is 9.64 Å².